The number of amides is 2. The minimum absolute atomic E-state index is 0.154. The van der Waals surface area contributed by atoms with Gasteiger partial charge in [0.25, 0.3) is 5.91 Å². The van der Waals surface area contributed by atoms with Crippen molar-refractivity contribution in [2.45, 2.75) is 0 Å². The topological polar surface area (TPSA) is 49.4 Å². The predicted molar refractivity (Wildman–Crippen MR) is 91.1 cm³/mol. The van der Waals surface area contributed by atoms with Crippen molar-refractivity contribution in [1.82, 2.24) is 4.90 Å². The van der Waals surface area contributed by atoms with Crippen LogP contribution in [0.2, 0.25) is 5.02 Å². The van der Waals surface area contributed by atoms with E-state index in [-0.39, 0.29) is 18.3 Å². The van der Waals surface area contributed by atoms with Gasteiger partial charge in [-0.15, -0.1) is 0 Å². The number of benzene rings is 2. The number of carbonyl (C=O) groups is 2. The Labute approximate surface area is 146 Å². The Bertz CT molecular complexity index is 737. The van der Waals surface area contributed by atoms with Gasteiger partial charge in [0.1, 0.15) is 5.82 Å². The fraction of sp³-hybridized carbons (Fsp3) is 0.125. The second-order valence-electron chi connectivity index (χ2n) is 4.84. The van der Waals surface area contributed by atoms with Crippen LogP contribution in [0.3, 0.4) is 0 Å². The first-order valence-corrected chi connectivity index (χ1v) is 7.80. The van der Waals surface area contributed by atoms with Gasteiger partial charge in [0.15, 0.2) is 0 Å². The lowest BCUT2D eigenvalue weighted by atomic mass is 10.2. The molecule has 2 aromatic carbocycles. The lowest BCUT2D eigenvalue weighted by Crippen LogP contribution is -2.35. The minimum Gasteiger partial charge on any atom is -0.332 e. The van der Waals surface area contributed by atoms with E-state index in [1.807, 2.05) is 0 Å². The maximum Gasteiger partial charge on any atom is 0.255 e. The Balaban J connectivity index is 2.01. The van der Waals surface area contributed by atoms with Gasteiger partial charge in [-0.1, -0.05) is 27.5 Å². The smallest absolute Gasteiger partial charge is 0.255 e. The molecule has 0 aromatic heterocycles. The fourth-order valence-electron chi connectivity index (χ4n) is 1.89. The molecule has 0 aliphatic rings. The molecule has 0 fully saturated rings. The molecule has 2 rings (SSSR count). The molecule has 0 aliphatic heterocycles. The molecule has 0 aliphatic carbocycles. The van der Waals surface area contributed by atoms with Crippen LogP contribution >= 0.6 is 27.5 Å². The molecule has 120 valence electrons. The molecule has 0 saturated carbocycles. The van der Waals surface area contributed by atoms with Crippen LogP contribution in [0.4, 0.5) is 10.1 Å². The zero-order valence-electron chi connectivity index (χ0n) is 12.1. The van der Waals surface area contributed by atoms with Gasteiger partial charge in [0.05, 0.1) is 17.1 Å². The van der Waals surface area contributed by atoms with Crippen LogP contribution in [0.1, 0.15) is 10.4 Å². The molecule has 0 saturated heterocycles. The lowest BCUT2D eigenvalue weighted by Gasteiger charge is -2.17. The summed E-state index contributed by atoms with van der Waals surface area (Å²) in [6.07, 6.45) is 0. The van der Waals surface area contributed by atoms with Gasteiger partial charge < -0.3 is 10.2 Å². The zero-order valence-corrected chi connectivity index (χ0v) is 14.5. The first-order chi connectivity index (χ1) is 10.9. The first kappa shape index (κ1) is 17.4. The third-order valence-corrected chi connectivity index (χ3v) is 3.84. The average Bonchev–Trinajstić information content (AvgIpc) is 2.51. The molecule has 0 spiro atoms. The van der Waals surface area contributed by atoms with E-state index in [4.69, 9.17) is 11.6 Å². The zero-order chi connectivity index (χ0) is 17.0. The molecular formula is C16H13BrClFN2O2. The number of hydrogen-bond acceptors (Lipinski definition) is 2. The van der Waals surface area contributed by atoms with Gasteiger partial charge in [-0.2, -0.15) is 0 Å². The summed E-state index contributed by atoms with van der Waals surface area (Å²) in [7, 11) is 1.50. The van der Waals surface area contributed by atoms with E-state index in [9.17, 15) is 14.0 Å². The maximum atomic E-state index is 12.8. The monoisotopic (exact) mass is 398 g/mol. The van der Waals surface area contributed by atoms with Crippen molar-refractivity contribution in [3.8, 4) is 0 Å². The van der Waals surface area contributed by atoms with Crippen LogP contribution in [0.5, 0.6) is 0 Å². The summed E-state index contributed by atoms with van der Waals surface area (Å²) in [6, 6.07) is 10.3. The molecule has 0 atom stereocenters. The normalized spacial score (nSPS) is 10.3. The highest BCUT2D eigenvalue weighted by atomic mass is 79.9. The van der Waals surface area contributed by atoms with Crippen LogP contribution in [-0.4, -0.2) is 30.3 Å². The van der Waals surface area contributed by atoms with E-state index in [2.05, 4.69) is 21.2 Å². The second kappa shape index (κ2) is 7.57. The number of carbonyl (C=O) groups excluding carboxylic acids is 2. The molecule has 7 heteroatoms. The number of nitrogens with one attached hydrogen (secondary N) is 1. The largest absolute Gasteiger partial charge is 0.332 e. The van der Waals surface area contributed by atoms with Gasteiger partial charge >= 0.3 is 0 Å². The van der Waals surface area contributed by atoms with Crippen molar-refractivity contribution in [2.24, 2.45) is 0 Å². The number of rotatable bonds is 4. The highest BCUT2D eigenvalue weighted by Crippen LogP contribution is 2.22. The van der Waals surface area contributed by atoms with Crippen LogP contribution in [0.15, 0.2) is 46.9 Å². The summed E-state index contributed by atoms with van der Waals surface area (Å²) in [5, 5.41) is 2.90. The highest BCUT2D eigenvalue weighted by Gasteiger charge is 2.18. The molecule has 0 radical (unpaired) electrons. The Morgan fingerprint density at radius 1 is 1.22 bits per heavy atom. The third-order valence-electron chi connectivity index (χ3n) is 3.01. The summed E-state index contributed by atoms with van der Waals surface area (Å²) in [5.41, 5.74) is 0.760. The van der Waals surface area contributed by atoms with Crippen molar-refractivity contribution >= 4 is 45.0 Å². The van der Waals surface area contributed by atoms with Crippen LogP contribution in [0, 0.1) is 5.82 Å². The number of likely N-dealkylation sites (N-methyl/N-ethyl adjacent to an activating group) is 1. The minimum atomic E-state index is -0.390. The van der Waals surface area contributed by atoms with Gasteiger partial charge in [0.2, 0.25) is 5.91 Å². The summed E-state index contributed by atoms with van der Waals surface area (Å²) in [4.78, 5) is 25.6. The third kappa shape index (κ3) is 4.77. The lowest BCUT2D eigenvalue weighted by molar-refractivity contribution is -0.116. The molecule has 0 heterocycles. The maximum absolute atomic E-state index is 12.8. The van der Waals surface area contributed by atoms with E-state index in [1.165, 1.54) is 36.2 Å². The second-order valence-corrected chi connectivity index (χ2v) is 6.16. The van der Waals surface area contributed by atoms with Gasteiger partial charge in [-0.3, -0.25) is 9.59 Å². The van der Waals surface area contributed by atoms with Gasteiger partial charge in [-0.25, -0.2) is 4.39 Å². The van der Waals surface area contributed by atoms with Gasteiger partial charge in [0, 0.05) is 17.2 Å². The van der Waals surface area contributed by atoms with E-state index < -0.39 is 5.91 Å². The van der Waals surface area contributed by atoms with Gasteiger partial charge in [-0.05, 0) is 42.5 Å². The molecule has 0 unspecified atom stereocenters. The van der Waals surface area contributed by atoms with E-state index in [0.717, 1.165) is 4.47 Å². The Morgan fingerprint density at radius 2 is 1.87 bits per heavy atom. The molecule has 2 amide bonds. The average molecular weight is 400 g/mol. The highest BCUT2D eigenvalue weighted by molar-refractivity contribution is 9.10. The van der Waals surface area contributed by atoms with Crippen molar-refractivity contribution < 1.29 is 14.0 Å². The molecule has 1 N–H and O–H groups in total. The van der Waals surface area contributed by atoms with E-state index in [1.54, 1.807) is 18.2 Å². The van der Waals surface area contributed by atoms with Crippen LogP contribution in [-0.2, 0) is 4.79 Å². The van der Waals surface area contributed by atoms with E-state index in [0.29, 0.717) is 16.3 Å². The quantitative estimate of drug-likeness (QED) is 0.846. The van der Waals surface area contributed by atoms with Crippen molar-refractivity contribution in [2.75, 3.05) is 18.9 Å². The molecule has 0 bridgehead atoms. The number of anilines is 1. The Morgan fingerprint density at radius 3 is 2.52 bits per heavy atom. The summed E-state index contributed by atoms with van der Waals surface area (Å²) in [5.74, 6) is -1.15. The number of hydrogen-bond donors (Lipinski definition) is 1. The molecule has 2 aromatic rings. The fourth-order valence-corrected chi connectivity index (χ4v) is 2.45. The number of halogens is 3. The molecular weight excluding hydrogens is 387 g/mol. The van der Waals surface area contributed by atoms with E-state index >= 15 is 0 Å². The Kier molecular flexibility index (Phi) is 5.74. The van der Waals surface area contributed by atoms with Crippen molar-refractivity contribution in [1.29, 1.82) is 0 Å². The van der Waals surface area contributed by atoms with Crippen molar-refractivity contribution in [3.63, 3.8) is 0 Å². The van der Waals surface area contributed by atoms with Crippen molar-refractivity contribution in [3.05, 3.63) is 63.3 Å². The van der Waals surface area contributed by atoms with Crippen LogP contribution < -0.4 is 5.32 Å². The SMILES string of the molecule is CN(CC(=O)Nc1ccc(F)cc1)C(=O)c1cc(Br)ccc1Cl. The summed E-state index contributed by atoms with van der Waals surface area (Å²) >= 11 is 9.29. The summed E-state index contributed by atoms with van der Waals surface area (Å²) < 4.78 is 13.5. The standard InChI is InChI=1S/C16H13BrClFN2O2/c1-21(16(23)13-8-10(17)2-7-14(13)18)9-15(22)20-12-5-3-11(19)4-6-12/h2-8H,9H2,1H3,(H,20,22). The van der Waals surface area contributed by atoms with Crippen LogP contribution in [0.25, 0.3) is 0 Å². The molecule has 4 nitrogen and oxygen atoms in total. The Hall–Kier alpha value is -1.92. The first-order valence-electron chi connectivity index (χ1n) is 6.63. The summed E-state index contributed by atoms with van der Waals surface area (Å²) in [6.45, 7) is -0.154. The number of nitrogens with zero attached hydrogens (tertiary/aromatic N) is 1. The predicted octanol–water partition coefficient (Wildman–Crippen LogP) is 3.95. The molecule has 23 heavy (non-hydrogen) atoms.